The van der Waals surface area contributed by atoms with E-state index in [9.17, 15) is 35.9 Å². The number of carbonyl (C=O) groups excluding carboxylic acids is 2. The number of halogens is 6. The van der Waals surface area contributed by atoms with Gasteiger partial charge in [0, 0.05) is 47.8 Å². The first-order valence-corrected chi connectivity index (χ1v) is 10.6. The third-order valence-electron chi connectivity index (χ3n) is 12.2. The Labute approximate surface area is 165 Å². The minimum Gasteiger partial charge on any atom is -0.334 e. The van der Waals surface area contributed by atoms with E-state index in [2.05, 4.69) is 0 Å². The number of hydrogen-bond donors (Lipinski definition) is 0. The largest absolute Gasteiger partial charge is 0.471 e. The summed E-state index contributed by atoms with van der Waals surface area (Å²) >= 11 is 0. The zero-order valence-corrected chi connectivity index (χ0v) is 15.4. The second-order valence-corrected chi connectivity index (χ2v) is 11.7. The molecule has 2 heterocycles. The average Bonchev–Trinajstić information content (AvgIpc) is 2.94. The summed E-state index contributed by atoms with van der Waals surface area (Å²) in [6.07, 6.45) is -9.73. The highest BCUT2D eigenvalue weighted by molar-refractivity contribution is 5.84. The predicted octanol–water partition coefficient (Wildman–Crippen LogP) is 1.77. The van der Waals surface area contributed by atoms with E-state index in [0.29, 0.717) is 0 Å². The summed E-state index contributed by atoms with van der Waals surface area (Å²) in [4.78, 5) is 26.1. The van der Waals surface area contributed by atoms with Crippen molar-refractivity contribution in [1.82, 2.24) is 9.80 Å². The number of nitrogens with zero attached hydrogens (tertiary/aromatic N) is 2. The molecule has 0 aromatic rings. The normalized spacial score (nSPS) is 65.1. The molecule has 4 nitrogen and oxygen atoms in total. The Morgan fingerprint density at radius 3 is 0.900 bits per heavy atom. The Hall–Kier alpha value is -1.48. The van der Waals surface area contributed by atoms with Crippen LogP contribution in [0, 0.1) is 69.0 Å². The molecule has 0 atom stereocenters. The molecule has 2 aliphatic heterocycles. The molecule has 10 heteroatoms. The zero-order chi connectivity index (χ0) is 20.8. The van der Waals surface area contributed by atoms with Gasteiger partial charge in [0.1, 0.15) is 0 Å². The van der Waals surface area contributed by atoms with E-state index in [4.69, 9.17) is 0 Å². The summed E-state index contributed by atoms with van der Waals surface area (Å²) in [5.74, 6) is -1.45. The van der Waals surface area contributed by atoms with Crippen molar-refractivity contribution >= 4 is 11.8 Å². The minimum atomic E-state index is -4.86. The van der Waals surface area contributed by atoms with Crippen LogP contribution < -0.4 is 0 Å². The van der Waals surface area contributed by atoms with Crippen LogP contribution in [0.5, 0.6) is 0 Å². The molecule has 0 N–H and O–H groups in total. The van der Waals surface area contributed by atoms with Gasteiger partial charge in [-0.15, -0.1) is 0 Å². The van der Waals surface area contributed by atoms with Crippen LogP contribution in [0.25, 0.3) is 0 Å². The molecule has 8 saturated carbocycles. The lowest BCUT2D eigenvalue weighted by Gasteiger charge is -2.45. The van der Waals surface area contributed by atoms with E-state index < -0.39 is 24.2 Å². The molecule has 0 aromatic heterocycles. The first-order chi connectivity index (χ1) is 13.9. The van der Waals surface area contributed by atoms with Gasteiger partial charge in [0.05, 0.1) is 0 Å². The van der Waals surface area contributed by atoms with E-state index in [1.807, 2.05) is 0 Å². The SMILES string of the molecule is O=C(N1CC23[C@H]4[C@@H]5[C@H]6[C@@H]([C@@H]7[C@H]2[C@@H]2[C@H]4C24CN(C(=O)C(F)(F)F)CC574)C63C1)C(F)(F)F. The molecule has 10 rings (SSSR count). The Morgan fingerprint density at radius 1 is 0.533 bits per heavy atom. The first-order valence-electron chi connectivity index (χ1n) is 10.6. The van der Waals surface area contributed by atoms with Crippen molar-refractivity contribution in [1.29, 1.82) is 0 Å². The Bertz CT molecular complexity index is 935. The van der Waals surface area contributed by atoms with Gasteiger partial charge in [0.2, 0.25) is 0 Å². The van der Waals surface area contributed by atoms with Crippen LogP contribution >= 0.6 is 0 Å². The van der Waals surface area contributed by atoms with Gasteiger partial charge < -0.3 is 9.80 Å². The second kappa shape index (κ2) is 3.49. The van der Waals surface area contributed by atoms with Crippen molar-refractivity contribution in [3.8, 4) is 0 Å². The van der Waals surface area contributed by atoms with Crippen LogP contribution in [0.3, 0.4) is 0 Å². The third kappa shape index (κ3) is 0.983. The van der Waals surface area contributed by atoms with Crippen molar-refractivity contribution < 1.29 is 35.9 Å². The van der Waals surface area contributed by atoms with Crippen molar-refractivity contribution in [3.05, 3.63) is 0 Å². The van der Waals surface area contributed by atoms with Crippen LogP contribution in [-0.2, 0) is 9.59 Å². The van der Waals surface area contributed by atoms with Crippen LogP contribution in [0.15, 0.2) is 0 Å². The second-order valence-electron chi connectivity index (χ2n) is 11.7. The average molecular weight is 430 g/mol. The van der Waals surface area contributed by atoms with Gasteiger partial charge in [-0.1, -0.05) is 0 Å². The van der Waals surface area contributed by atoms with Crippen LogP contribution in [-0.4, -0.2) is 60.1 Å². The van der Waals surface area contributed by atoms with Crippen LogP contribution in [0.4, 0.5) is 26.3 Å². The summed E-state index contributed by atoms with van der Waals surface area (Å²) in [6, 6.07) is 0. The van der Waals surface area contributed by atoms with E-state index in [1.165, 1.54) is 0 Å². The van der Waals surface area contributed by atoms with Crippen LogP contribution in [0.2, 0.25) is 0 Å². The number of hydrogen-bond acceptors (Lipinski definition) is 2. The maximum Gasteiger partial charge on any atom is 0.471 e. The fourth-order valence-electron chi connectivity index (χ4n) is 13.0. The number of alkyl halides is 6. The van der Waals surface area contributed by atoms with Gasteiger partial charge in [-0.2, -0.15) is 26.3 Å². The van der Waals surface area contributed by atoms with Gasteiger partial charge in [-0.3, -0.25) is 9.59 Å². The summed E-state index contributed by atoms with van der Waals surface area (Å²) in [6.45, 7) is 0.721. The molecule has 2 amide bonds. The standard InChI is InChI=1S/C20H16F6N2O2/c21-19(22,23)13(29)27-1-15-5-6(15)10-12-8-7-11(17(12,15)3-27)9(5)18(10)4-28(2-16(7,8)18)14(30)20(24,25)26/h5-12H,1-4H2/t5-,6+,7-,8+,9-,10-,11+,12-,15?,16?,17?,18?/m1/s1. The Morgan fingerprint density at radius 2 is 0.733 bits per heavy atom. The lowest BCUT2D eigenvalue weighted by molar-refractivity contribution is -0.186. The Kier molecular flexibility index (Phi) is 1.88. The molecule has 2 saturated heterocycles. The summed E-state index contributed by atoms with van der Waals surface area (Å²) in [5, 5.41) is 0. The fraction of sp³-hybridized carbons (Fsp3) is 0.900. The highest BCUT2D eigenvalue weighted by atomic mass is 19.4. The zero-order valence-electron chi connectivity index (χ0n) is 15.4. The van der Waals surface area contributed by atoms with E-state index >= 15 is 0 Å². The van der Waals surface area contributed by atoms with Crippen molar-refractivity contribution in [2.45, 2.75) is 12.4 Å². The highest BCUT2D eigenvalue weighted by Gasteiger charge is 3.15. The molecule has 0 bridgehead atoms. The predicted molar refractivity (Wildman–Crippen MR) is 82.9 cm³/mol. The van der Waals surface area contributed by atoms with Crippen molar-refractivity contribution in [2.24, 2.45) is 69.0 Å². The van der Waals surface area contributed by atoms with Crippen LogP contribution in [0.1, 0.15) is 0 Å². The monoisotopic (exact) mass is 430 g/mol. The fourth-order valence-corrected chi connectivity index (χ4v) is 13.0. The third-order valence-corrected chi connectivity index (χ3v) is 12.2. The number of carbonyl (C=O) groups is 2. The molecular weight excluding hydrogens is 414 g/mol. The molecule has 4 spiro atoms. The van der Waals surface area contributed by atoms with E-state index in [0.717, 1.165) is 9.80 Å². The molecule has 0 radical (unpaired) electrons. The number of rotatable bonds is 0. The lowest BCUT2D eigenvalue weighted by Crippen LogP contribution is -2.50. The van der Waals surface area contributed by atoms with Gasteiger partial charge in [-0.05, 0) is 47.3 Å². The molecule has 8 aliphatic carbocycles. The number of amides is 2. The molecule has 160 valence electrons. The first kappa shape index (κ1) is 16.2. The molecule has 10 fully saturated rings. The maximum absolute atomic E-state index is 13.1. The van der Waals surface area contributed by atoms with Crippen molar-refractivity contribution in [3.63, 3.8) is 0 Å². The summed E-state index contributed by atoms with van der Waals surface area (Å²) < 4.78 is 78.7. The van der Waals surface area contributed by atoms with Gasteiger partial charge in [0.15, 0.2) is 0 Å². The molecule has 30 heavy (non-hydrogen) atoms. The van der Waals surface area contributed by atoms with Crippen molar-refractivity contribution in [2.75, 3.05) is 26.2 Å². The van der Waals surface area contributed by atoms with E-state index in [1.54, 1.807) is 0 Å². The van der Waals surface area contributed by atoms with Gasteiger partial charge in [-0.25, -0.2) is 0 Å². The molecular formula is C20H16F6N2O2. The van der Waals surface area contributed by atoms with E-state index in [-0.39, 0.29) is 95.2 Å². The highest BCUT2D eigenvalue weighted by Crippen LogP contribution is 3.15. The lowest BCUT2D eigenvalue weighted by atomic mass is 9.60. The van der Waals surface area contributed by atoms with Gasteiger partial charge >= 0.3 is 24.2 Å². The number of likely N-dealkylation sites (tertiary alicyclic amines) is 2. The molecule has 10 aliphatic rings. The smallest absolute Gasteiger partial charge is 0.334 e. The maximum atomic E-state index is 13.1. The Balaban J connectivity index is 1.14. The summed E-state index contributed by atoms with van der Waals surface area (Å²) in [5.41, 5.74) is -0.892. The molecule has 0 unspecified atom stereocenters. The topological polar surface area (TPSA) is 40.6 Å². The summed E-state index contributed by atoms with van der Waals surface area (Å²) in [7, 11) is 0. The quantitative estimate of drug-likeness (QED) is 0.550. The molecule has 0 aromatic carbocycles. The van der Waals surface area contributed by atoms with Gasteiger partial charge in [0.25, 0.3) is 0 Å². The minimum absolute atomic E-state index is 0.175.